The topological polar surface area (TPSA) is 64.6 Å². The predicted octanol–water partition coefficient (Wildman–Crippen LogP) is 2.75. The molecule has 0 aliphatic heterocycles. The lowest BCUT2D eigenvalue weighted by Crippen LogP contribution is -2.44. The monoisotopic (exact) mass is 333 g/mol. The second-order valence-electron chi connectivity index (χ2n) is 6.76. The lowest BCUT2D eigenvalue weighted by molar-refractivity contribution is 0.174. The maximum atomic E-state index is 11.9. The zero-order chi connectivity index (χ0) is 17.2. The molecular formula is C19H31N3O2. The lowest BCUT2D eigenvalue weighted by Gasteiger charge is -2.28. The van der Waals surface area contributed by atoms with Gasteiger partial charge in [-0.05, 0) is 56.6 Å². The van der Waals surface area contributed by atoms with E-state index >= 15 is 0 Å². The molecule has 24 heavy (non-hydrogen) atoms. The molecule has 1 aliphatic carbocycles. The molecule has 1 aliphatic rings. The van der Waals surface area contributed by atoms with E-state index in [2.05, 4.69) is 34.7 Å². The molecule has 0 saturated heterocycles. The molecule has 134 valence electrons. The summed E-state index contributed by atoms with van der Waals surface area (Å²) < 4.78 is 0. The Hall–Kier alpha value is -1.75. The van der Waals surface area contributed by atoms with Gasteiger partial charge in [0.2, 0.25) is 0 Å². The van der Waals surface area contributed by atoms with Crippen LogP contribution in [0.4, 0.5) is 10.5 Å². The maximum absolute atomic E-state index is 11.9. The fourth-order valence-corrected chi connectivity index (χ4v) is 3.21. The Morgan fingerprint density at radius 3 is 2.54 bits per heavy atom. The van der Waals surface area contributed by atoms with E-state index < -0.39 is 0 Å². The summed E-state index contributed by atoms with van der Waals surface area (Å²) >= 11 is 0. The molecule has 3 N–H and O–H groups in total. The van der Waals surface area contributed by atoms with Crippen molar-refractivity contribution in [3.05, 3.63) is 30.3 Å². The molecule has 1 fully saturated rings. The minimum atomic E-state index is -0.0566. The van der Waals surface area contributed by atoms with Gasteiger partial charge in [-0.1, -0.05) is 18.2 Å². The number of aliphatic hydroxyl groups is 1. The number of rotatable bonds is 8. The number of carbonyl (C=O) groups is 1. The molecule has 1 saturated carbocycles. The van der Waals surface area contributed by atoms with Crippen LogP contribution in [0.3, 0.4) is 0 Å². The predicted molar refractivity (Wildman–Crippen MR) is 98.3 cm³/mol. The van der Waals surface area contributed by atoms with Gasteiger partial charge in [-0.2, -0.15) is 0 Å². The van der Waals surface area contributed by atoms with Crippen LogP contribution < -0.4 is 15.5 Å². The van der Waals surface area contributed by atoms with Crippen LogP contribution in [0.1, 0.15) is 38.5 Å². The van der Waals surface area contributed by atoms with Gasteiger partial charge in [-0.25, -0.2) is 4.79 Å². The minimum Gasteiger partial charge on any atom is -0.396 e. The van der Waals surface area contributed by atoms with Crippen molar-refractivity contribution in [3.63, 3.8) is 0 Å². The van der Waals surface area contributed by atoms with Crippen LogP contribution in [-0.2, 0) is 0 Å². The molecule has 0 atom stereocenters. The van der Waals surface area contributed by atoms with Gasteiger partial charge in [0.25, 0.3) is 0 Å². The minimum absolute atomic E-state index is 0.0566. The highest BCUT2D eigenvalue weighted by Crippen LogP contribution is 2.23. The number of nitrogens with zero attached hydrogens (tertiary/aromatic N) is 1. The van der Waals surface area contributed by atoms with E-state index in [0.717, 1.165) is 45.1 Å². The number of amides is 2. The third-order valence-electron chi connectivity index (χ3n) is 4.84. The van der Waals surface area contributed by atoms with Crippen LogP contribution in [0.5, 0.6) is 0 Å². The Morgan fingerprint density at radius 1 is 1.17 bits per heavy atom. The van der Waals surface area contributed by atoms with Crippen LogP contribution in [0, 0.1) is 5.92 Å². The van der Waals surface area contributed by atoms with Crippen molar-refractivity contribution >= 4 is 11.7 Å². The number of nitrogens with one attached hydrogen (secondary N) is 2. The zero-order valence-corrected chi connectivity index (χ0v) is 14.7. The molecule has 0 spiro atoms. The summed E-state index contributed by atoms with van der Waals surface area (Å²) in [5.74, 6) is 0.424. The van der Waals surface area contributed by atoms with E-state index in [1.165, 1.54) is 5.69 Å². The van der Waals surface area contributed by atoms with Crippen LogP contribution in [-0.4, -0.2) is 43.9 Å². The number of carbonyl (C=O) groups excluding carboxylic acids is 1. The molecule has 1 aromatic rings. The zero-order valence-electron chi connectivity index (χ0n) is 14.7. The first-order chi connectivity index (χ1) is 11.7. The van der Waals surface area contributed by atoms with Gasteiger partial charge in [0.05, 0.1) is 0 Å². The van der Waals surface area contributed by atoms with Gasteiger partial charge >= 0.3 is 6.03 Å². The van der Waals surface area contributed by atoms with Gasteiger partial charge in [-0.3, -0.25) is 0 Å². The largest absolute Gasteiger partial charge is 0.396 e. The van der Waals surface area contributed by atoms with E-state index in [-0.39, 0.29) is 18.7 Å². The summed E-state index contributed by atoms with van der Waals surface area (Å²) in [5.41, 5.74) is 1.22. The molecule has 1 aromatic carbocycles. The Kier molecular flexibility index (Phi) is 7.89. The maximum Gasteiger partial charge on any atom is 0.315 e. The normalized spacial score (nSPS) is 20.4. The second kappa shape index (κ2) is 10.2. The number of hydrogen-bond acceptors (Lipinski definition) is 3. The molecule has 5 heteroatoms. The molecule has 0 heterocycles. The summed E-state index contributed by atoms with van der Waals surface area (Å²) in [4.78, 5) is 14.1. The van der Waals surface area contributed by atoms with Crippen LogP contribution in [0.2, 0.25) is 0 Å². The Labute approximate surface area is 145 Å². The Balaban J connectivity index is 1.52. The SMILES string of the molecule is CN(CCCCNC(=O)NC1CCC(CO)CC1)c1ccccc1. The molecule has 0 bridgehead atoms. The summed E-state index contributed by atoms with van der Waals surface area (Å²) in [5, 5.41) is 15.1. The van der Waals surface area contributed by atoms with E-state index in [9.17, 15) is 4.79 Å². The second-order valence-corrected chi connectivity index (χ2v) is 6.76. The first-order valence-electron chi connectivity index (χ1n) is 9.10. The van der Waals surface area contributed by atoms with Crippen molar-refractivity contribution < 1.29 is 9.90 Å². The summed E-state index contributed by atoms with van der Waals surface area (Å²) in [6, 6.07) is 10.5. The number of aliphatic hydroxyl groups excluding tert-OH is 1. The first kappa shape index (κ1) is 18.6. The highest BCUT2D eigenvalue weighted by atomic mass is 16.3. The highest BCUT2D eigenvalue weighted by Gasteiger charge is 2.21. The fourth-order valence-electron chi connectivity index (χ4n) is 3.21. The van der Waals surface area contributed by atoms with Crippen molar-refractivity contribution in [2.45, 2.75) is 44.6 Å². The fraction of sp³-hybridized carbons (Fsp3) is 0.632. The van der Waals surface area contributed by atoms with Gasteiger partial charge in [0, 0.05) is 38.5 Å². The van der Waals surface area contributed by atoms with E-state index in [0.29, 0.717) is 12.5 Å². The molecule has 0 aromatic heterocycles. The molecule has 5 nitrogen and oxygen atoms in total. The van der Waals surface area contributed by atoms with Crippen LogP contribution >= 0.6 is 0 Å². The van der Waals surface area contributed by atoms with Crippen molar-refractivity contribution in [2.75, 3.05) is 31.6 Å². The van der Waals surface area contributed by atoms with Crippen molar-refractivity contribution in [3.8, 4) is 0 Å². The average molecular weight is 333 g/mol. The molecule has 2 rings (SSSR count). The standard InChI is InChI=1S/C19H31N3O2/c1-22(18-7-3-2-4-8-18)14-6-5-13-20-19(24)21-17-11-9-16(15-23)10-12-17/h2-4,7-8,16-17,23H,5-6,9-15H2,1H3,(H2,20,21,24). The summed E-state index contributed by atoms with van der Waals surface area (Å²) in [7, 11) is 2.10. The summed E-state index contributed by atoms with van der Waals surface area (Å²) in [6.45, 7) is 1.97. The number of unbranched alkanes of at least 4 members (excludes halogenated alkanes) is 1. The molecule has 0 unspecified atom stereocenters. The average Bonchev–Trinajstić information content (AvgIpc) is 2.62. The van der Waals surface area contributed by atoms with Gasteiger partial charge in [0.1, 0.15) is 0 Å². The smallest absolute Gasteiger partial charge is 0.315 e. The van der Waals surface area contributed by atoms with Gasteiger partial charge in [-0.15, -0.1) is 0 Å². The van der Waals surface area contributed by atoms with Crippen LogP contribution in [0.25, 0.3) is 0 Å². The number of hydrogen-bond donors (Lipinski definition) is 3. The van der Waals surface area contributed by atoms with Crippen molar-refractivity contribution in [2.24, 2.45) is 5.92 Å². The Morgan fingerprint density at radius 2 is 1.88 bits per heavy atom. The van der Waals surface area contributed by atoms with E-state index in [1.807, 2.05) is 18.2 Å². The first-order valence-corrected chi connectivity index (χ1v) is 9.10. The third kappa shape index (κ3) is 6.40. The van der Waals surface area contributed by atoms with E-state index in [1.54, 1.807) is 0 Å². The van der Waals surface area contributed by atoms with Gasteiger partial charge < -0.3 is 20.6 Å². The molecular weight excluding hydrogens is 302 g/mol. The lowest BCUT2D eigenvalue weighted by atomic mass is 9.87. The van der Waals surface area contributed by atoms with Crippen LogP contribution in [0.15, 0.2) is 30.3 Å². The Bertz CT molecular complexity index is 473. The highest BCUT2D eigenvalue weighted by molar-refractivity contribution is 5.74. The molecule has 0 radical (unpaired) electrons. The van der Waals surface area contributed by atoms with Gasteiger partial charge in [0.15, 0.2) is 0 Å². The molecule has 2 amide bonds. The van der Waals surface area contributed by atoms with E-state index in [4.69, 9.17) is 5.11 Å². The van der Waals surface area contributed by atoms with Crippen molar-refractivity contribution in [1.29, 1.82) is 0 Å². The summed E-state index contributed by atoms with van der Waals surface area (Å²) in [6.07, 6.45) is 5.98. The van der Waals surface area contributed by atoms with Crippen molar-refractivity contribution in [1.82, 2.24) is 10.6 Å². The number of para-hydroxylation sites is 1. The number of anilines is 1. The quantitative estimate of drug-likeness (QED) is 0.641. The third-order valence-corrected chi connectivity index (χ3v) is 4.84. The number of benzene rings is 1. The number of urea groups is 1.